The summed E-state index contributed by atoms with van der Waals surface area (Å²) in [7, 11) is 1.24. The molecule has 6 nitrogen and oxygen atoms in total. The molecule has 1 N–H and O–H groups in total. The number of aliphatic hydroxyl groups is 1. The Morgan fingerprint density at radius 2 is 2.29 bits per heavy atom. The molecule has 0 amide bonds. The third kappa shape index (κ3) is 2.07. The Bertz CT molecular complexity index is 610. The number of benzene rings is 1. The summed E-state index contributed by atoms with van der Waals surface area (Å²) in [6.45, 7) is -0.356. The fourth-order valence-corrected chi connectivity index (χ4v) is 1.55. The summed E-state index contributed by atoms with van der Waals surface area (Å²) in [4.78, 5) is 22.7. The lowest BCUT2D eigenvalue weighted by Gasteiger charge is -2.01. The molecule has 1 aromatic heterocycles. The van der Waals surface area contributed by atoms with E-state index in [2.05, 4.69) is 4.74 Å². The molecule has 2 rings (SSSR count). The van der Waals surface area contributed by atoms with E-state index in [0.717, 1.165) is 0 Å². The number of rotatable bonds is 3. The summed E-state index contributed by atoms with van der Waals surface area (Å²) in [6, 6.07) is 4.83. The Labute approximate surface area is 96.0 Å². The lowest BCUT2D eigenvalue weighted by Crippen LogP contribution is -2.20. The maximum absolute atomic E-state index is 11.5. The van der Waals surface area contributed by atoms with Crippen LogP contribution in [0.3, 0.4) is 0 Å². The summed E-state index contributed by atoms with van der Waals surface area (Å²) in [5.41, 5.74) is 1.47. The number of aromatic nitrogens is 1. The van der Waals surface area contributed by atoms with Gasteiger partial charge in [0.15, 0.2) is 5.58 Å². The third-order valence-corrected chi connectivity index (χ3v) is 2.43. The van der Waals surface area contributed by atoms with Gasteiger partial charge < -0.3 is 14.3 Å². The summed E-state index contributed by atoms with van der Waals surface area (Å²) >= 11 is 0. The standard InChI is InChI=1S/C11H11NO5/c1-16-10(14)5-12-8-4-7(6-13)2-3-9(8)17-11(12)15/h2-4,13H,5-6H2,1H3. The predicted molar refractivity (Wildman–Crippen MR) is 58.4 cm³/mol. The zero-order valence-corrected chi connectivity index (χ0v) is 9.17. The molecule has 0 saturated heterocycles. The predicted octanol–water partition coefficient (Wildman–Crippen LogP) is 0.260. The Kier molecular flexibility index (Phi) is 2.97. The number of carbonyl (C=O) groups excluding carboxylic acids is 1. The van der Waals surface area contributed by atoms with Crippen LogP contribution in [-0.2, 0) is 22.7 Å². The smallest absolute Gasteiger partial charge is 0.420 e. The minimum Gasteiger partial charge on any atom is -0.468 e. The summed E-state index contributed by atoms with van der Waals surface area (Å²) in [5.74, 6) is -1.16. The highest BCUT2D eigenvalue weighted by Gasteiger charge is 2.13. The van der Waals surface area contributed by atoms with Crippen molar-refractivity contribution in [2.24, 2.45) is 0 Å². The minimum atomic E-state index is -0.625. The maximum Gasteiger partial charge on any atom is 0.420 e. The molecule has 0 aliphatic carbocycles. The van der Waals surface area contributed by atoms with E-state index in [0.29, 0.717) is 16.7 Å². The van der Waals surface area contributed by atoms with E-state index in [4.69, 9.17) is 9.52 Å². The molecule has 0 unspecified atom stereocenters. The largest absolute Gasteiger partial charge is 0.468 e. The molecule has 0 saturated carbocycles. The Morgan fingerprint density at radius 1 is 1.53 bits per heavy atom. The van der Waals surface area contributed by atoms with Crippen molar-refractivity contribution >= 4 is 17.1 Å². The fraction of sp³-hybridized carbons (Fsp3) is 0.273. The first-order valence-corrected chi connectivity index (χ1v) is 4.95. The van der Waals surface area contributed by atoms with Gasteiger partial charge in [-0.15, -0.1) is 0 Å². The van der Waals surface area contributed by atoms with Crippen molar-refractivity contribution in [2.45, 2.75) is 13.2 Å². The molecule has 6 heteroatoms. The highest BCUT2D eigenvalue weighted by atomic mass is 16.5. The third-order valence-electron chi connectivity index (χ3n) is 2.43. The number of ether oxygens (including phenoxy) is 1. The topological polar surface area (TPSA) is 81.7 Å². The molecule has 0 spiro atoms. The van der Waals surface area contributed by atoms with Gasteiger partial charge in [0.1, 0.15) is 6.54 Å². The van der Waals surface area contributed by atoms with E-state index in [9.17, 15) is 9.59 Å². The number of methoxy groups -OCH3 is 1. The first-order chi connectivity index (χ1) is 8.15. The Balaban J connectivity index is 2.56. The highest BCUT2D eigenvalue weighted by Crippen LogP contribution is 2.15. The SMILES string of the molecule is COC(=O)Cn1c(=O)oc2ccc(CO)cc21. The lowest BCUT2D eigenvalue weighted by molar-refractivity contribution is -0.141. The van der Waals surface area contributed by atoms with Crippen LogP contribution in [-0.4, -0.2) is 22.8 Å². The molecule has 90 valence electrons. The van der Waals surface area contributed by atoms with Gasteiger partial charge in [-0.25, -0.2) is 4.79 Å². The second-order valence-corrected chi connectivity index (χ2v) is 3.49. The molecule has 1 heterocycles. The number of esters is 1. The number of hydrogen-bond acceptors (Lipinski definition) is 5. The van der Waals surface area contributed by atoms with Gasteiger partial charge in [0.25, 0.3) is 0 Å². The monoisotopic (exact) mass is 237 g/mol. The molecule has 1 aromatic carbocycles. The van der Waals surface area contributed by atoms with Gasteiger partial charge in [-0.1, -0.05) is 6.07 Å². The zero-order chi connectivity index (χ0) is 12.4. The van der Waals surface area contributed by atoms with Crippen LogP contribution in [0.4, 0.5) is 0 Å². The van der Waals surface area contributed by atoms with Gasteiger partial charge in [-0.3, -0.25) is 9.36 Å². The summed E-state index contributed by atoms with van der Waals surface area (Å²) < 4.78 is 10.6. The maximum atomic E-state index is 11.5. The first-order valence-electron chi connectivity index (χ1n) is 4.95. The quantitative estimate of drug-likeness (QED) is 0.774. The average molecular weight is 237 g/mol. The molecule has 17 heavy (non-hydrogen) atoms. The van der Waals surface area contributed by atoms with Crippen LogP contribution in [0.2, 0.25) is 0 Å². The van der Waals surface area contributed by atoms with Crippen molar-refractivity contribution in [1.29, 1.82) is 0 Å². The van der Waals surface area contributed by atoms with Gasteiger partial charge in [-0.05, 0) is 17.7 Å². The Hall–Kier alpha value is -2.08. The van der Waals surface area contributed by atoms with E-state index < -0.39 is 11.7 Å². The van der Waals surface area contributed by atoms with Gasteiger partial charge in [0.2, 0.25) is 0 Å². The van der Waals surface area contributed by atoms with Gasteiger partial charge >= 0.3 is 11.7 Å². The second kappa shape index (κ2) is 4.42. The fourth-order valence-electron chi connectivity index (χ4n) is 1.55. The normalized spacial score (nSPS) is 10.7. The molecule has 0 aliphatic rings. The average Bonchev–Trinajstić information content (AvgIpc) is 2.65. The number of aliphatic hydroxyl groups excluding tert-OH is 1. The molecule has 0 bridgehead atoms. The van der Waals surface area contributed by atoms with Crippen LogP contribution in [0.15, 0.2) is 27.4 Å². The number of carbonyl (C=O) groups is 1. The molecule has 0 radical (unpaired) electrons. The zero-order valence-electron chi connectivity index (χ0n) is 9.17. The van der Waals surface area contributed by atoms with E-state index in [1.807, 2.05) is 0 Å². The number of oxazole rings is 1. The van der Waals surface area contributed by atoms with Crippen LogP contribution in [0.5, 0.6) is 0 Å². The van der Waals surface area contributed by atoms with E-state index >= 15 is 0 Å². The van der Waals surface area contributed by atoms with E-state index in [1.165, 1.54) is 11.7 Å². The number of nitrogens with zero attached hydrogens (tertiary/aromatic N) is 1. The van der Waals surface area contributed by atoms with Crippen molar-refractivity contribution in [3.63, 3.8) is 0 Å². The molecule has 0 fully saturated rings. The lowest BCUT2D eigenvalue weighted by atomic mass is 10.2. The van der Waals surface area contributed by atoms with E-state index in [-0.39, 0.29) is 13.2 Å². The Morgan fingerprint density at radius 3 is 2.94 bits per heavy atom. The molecule has 0 atom stereocenters. The molecular weight excluding hydrogens is 226 g/mol. The number of hydrogen-bond donors (Lipinski definition) is 1. The molecular formula is C11H11NO5. The summed E-state index contributed by atoms with van der Waals surface area (Å²) in [5, 5.41) is 9.01. The van der Waals surface area contributed by atoms with Crippen molar-refractivity contribution in [3.05, 3.63) is 34.3 Å². The van der Waals surface area contributed by atoms with Crippen molar-refractivity contribution in [1.82, 2.24) is 4.57 Å². The van der Waals surface area contributed by atoms with E-state index in [1.54, 1.807) is 18.2 Å². The first kappa shape index (κ1) is 11.4. The van der Waals surface area contributed by atoms with Gasteiger partial charge in [0.05, 0.1) is 19.2 Å². The van der Waals surface area contributed by atoms with Crippen LogP contribution >= 0.6 is 0 Å². The van der Waals surface area contributed by atoms with Crippen LogP contribution in [0.25, 0.3) is 11.1 Å². The van der Waals surface area contributed by atoms with Crippen molar-refractivity contribution < 1.29 is 19.1 Å². The van der Waals surface area contributed by atoms with Crippen molar-refractivity contribution in [2.75, 3.05) is 7.11 Å². The van der Waals surface area contributed by atoms with Crippen LogP contribution in [0.1, 0.15) is 5.56 Å². The minimum absolute atomic E-state index is 0.145. The van der Waals surface area contributed by atoms with Gasteiger partial charge in [0, 0.05) is 0 Å². The van der Waals surface area contributed by atoms with Gasteiger partial charge in [-0.2, -0.15) is 0 Å². The molecule has 2 aromatic rings. The molecule has 0 aliphatic heterocycles. The summed E-state index contributed by atoms with van der Waals surface area (Å²) in [6.07, 6.45) is 0. The van der Waals surface area contributed by atoms with Crippen molar-refractivity contribution in [3.8, 4) is 0 Å². The number of fused-ring (bicyclic) bond motifs is 1. The second-order valence-electron chi connectivity index (χ2n) is 3.49. The highest BCUT2D eigenvalue weighted by molar-refractivity contribution is 5.77. The van der Waals surface area contributed by atoms with Crippen LogP contribution in [0, 0.1) is 0 Å². The van der Waals surface area contributed by atoms with Crippen LogP contribution < -0.4 is 5.76 Å².